The lowest BCUT2D eigenvalue weighted by molar-refractivity contribution is -0.119. The summed E-state index contributed by atoms with van der Waals surface area (Å²) in [5, 5.41) is 12.5. The number of aromatic nitrogens is 3. The Morgan fingerprint density at radius 3 is 2.63 bits per heavy atom. The maximum absolute atomic E-state index is 12.4. The van der Waals surface area contributed by atoms with Crippen LogP contribution in [-0.2, 0) is 18.4 Å². The predicted octanol–water partition coefficient (Wildman–Crippen LogP) is 3.81. The molecule has 0 saturated carbocycles. The standard InChI is InChI=1S/C18H17ClN4O2S2/c1-11(24)20-9-14-7-8-16(27-14)15(25)10-26-18-22-21-17(23(18)2)12-3-5-13(19)6-4-12/h3-8H,9-10H2,1-2H3,(H,20,24). The second-order valence-electron chi connectivity index (χ2n) is 5.76. The molecule has 3 aromatic rings. The minimum atomic E-state index is -0.0920. The van der Waals surface area contributed by atoms with E-state index >= 15 is 0 Å². The molecule has 0 radical (unpaired) electrons. The van der Waals surface area contributed by atoms with Crippen LogP contribution in [-0.4, -0.2) is 32.2 Å². The Kier molecular flexibility index (Phi) is 6.30. The smallest absolute Gasteiger partial charge is 0.217 e. The van der Waals surface area contributed by atoms with Crippen molar-refractivity contribution >= 4 is 46.4 Å². The summed E-state index contributed by atoms with van der Waals surface area (Å²) >= 11 is 8.66. The molecular formula is C18H17ClN4O2S2. The van der Waals surface area contributed by atoms with Crippen molar-refractivity contribution in [3.05, 3.63) is 51.2 Å². The second kappa shape index (κ2) is 8.69. The highest BCUT2D eigenvalue weighted by Gasteiger charge is 2.15. The number of Topliss-reactive ketones (excluding diaryl/α,β-unsaturated/α-hetero) is 1. The van der Waals surface area contributed by atoms with Gasteiger partial charge in [-0.15, -0.1) is 21.5 Å². The Hall–Kier alpha value is -2.16. The van der Waals surface area contributed by atoms with Gasteiger partial charge in [0.2, 0.25) is 5.91 Å². The van der Waals surface area contributed by atoms with E-state index in [1.807, 2.05) is 29.8 Å². The van der Waals surface area contributed by atoms with Gasteiger partial charge in [0.05, 0.1) is 17.2 Å². The lowest BCUT2D eigenvalue weighted by Crippen LogP contribution is -2.18. The maximum atomic E-state index is 12.4. The average Bonchev–Trinajstić information content (AvgIpc) is 3.26. The Bertz CT molecular complexity index is 966. The van der Waals surface area contributed by atoms with Crippen molar-refractivity contribution in [1.29, 1.82) is 0 Å². The van der Waals surface area contributed by atoms with E-state index in [2.05, 4.69) is 15.5 Å². The van der Waals surface area contributed by atoms with Gasteiger partial charge < -0.3 is 9.88 Å². The summed E-state index contributed by atoms with van der Waals surface area (Å²) in [6.07, 6.45) is 0. The lowest BCUT2D eigenvalue weighted by Gasteiger charge is -2.03. The number of nitrogens with one attached hydrogen (secondary N) is 1. The van der Waals surface area contributed by atoms with Crippen LogP contribution in [0.5, 0.6) is 0 Å². The minimum absolute atomic E-state index is 0.0233. The van der Waals surface area contributed by atoms with Gasteiger partial charge in [-0.2, -0.15) is 0 Å². The fourth-order valence-electron chi connectivity index (χ4n) is 2.33. The topological polar surface area (TPSA) is 76.9 Å². The molecule has 140 valence electrons. The number of carbonyl (C=O) groups is 2. The number of carbonyl (C=O) groups excluding carboxylic acids is 2. The summed E-state index contributed by atoms with van der Waals surface area (Å²) < 4.78 is 1.86. The van der Waals surface area contributed by atoms with Crippen LogP contribution >= 0.6 is 34.7 Å². The van der Waals surface area contributed by atoms with E-state index < -0.39 is 0 Å². The van der Waals surface area contributed by atoms with Crippen molar-refractivity contribution in [2.75, 3.05) is 5.75 Å². The molecule has 27 heavy (non-hydrogen) atoms. The molecule has 0 spiro atoms. The number of nitrogens with zero attached hydrogens (tertiary/aromatic N) is 3. The van der Waals surface area contributed by atoms with Crippen LogP contribution < -0.4 is 5.32 Å². The second-order valence-corrected chi connectivity index (χ2v) is 8.31. The summed E-state index contributed by atoms with van der Waals surface area (Å²) in [7, 11) is 1.87. The first kappa shape index (κ1) is 19.6. The van der Waals surface area contributed by atoms with Crippen molar-refractivity contribution in [1.82, 2.24) is 20.1 Å². The van der Waals surface area contributed by atoms with E-state index in [-0.39, 0.29) is 17.4 Å². The molecule has 6 nitrogen and oxygen atoms in total. The number of thiophene rings is 1. The van der Waals surface area contributed by atoms with Gasteiger partial charge in [-0.05, 0) is 36.4 Å². The van der Waals surface area contributed by atoms with Gasteiger partial charge in [0.25, 0.3) is 0 Å². The predicted molar refractivity (Wildman–Crippen MR) is 108 cm³/mol. The summed E-state index contributed by atoms with van der Waals surface area (Å²) in [5.41, 5.74) is 0.911. The summed E-state index contributed by atoms with van der Waals surface area (Å²) in [5.74, 6) is 0.920. The Morgan fingerprint density at radius 2 is 1.93 bits per heavy atom. The van der Waals surface area contributed by atoms with Crippen LogP contribution in [0.4, 0.5) is 0 Å². The SMILES string of the molecule is CC(=O)NCc1ccc(C(=O)CSc2nnc(-c3ccc(Cl)cc3)n2C)s1. The molecule has 2 aromatic heterocycles. The molecule has 1 N–H and O–H groups in total. The van der Waals surface area contributed by atoms with Crippen molar-refractivity contribution in [2.45, 2.75) is 18.6 Å². The van der Waals surface area contributed by atoms with E-state index in [0.717, 1.165) is 16.3 Å². The molecule has 1 amide bonds. The van der Waals surface area contributed by atoms with E-state index in [1.165, 1.54) is 30.0 Å². The summed E-state index contributed by atoms with van der Waals surface area (Å²) in [6, 6.07) is 11.0. The van der Waals surface area contributed by atoms with Crippen LogP contribution in [0.25, 0.3) is 11.4 Å². The van der Waals surface area contributed by atoms with Crippen LogP contribution in [0.1, 0.15) is 21.5 Å². The highest BCUT2D eigenvalue weighted by molar-refractivity contribution is 7.99. The van der Waals surface area contributed by atoms with Crippen molar-refractivity contribution < 1.29 is 9.59 Å². The number of hydrogen-bond acceptors (Lipinski definition) is 6. The van der Waals surface area contributed by atoms with Gasteiger partial charge in [-0.3, -0.25) is 9.59 Å². The average molecular weight is 421 g/mol. The first-order chi connectivity index (χ1) is 12.9. The number of rotatable bonds is 7. The first-order valence-corrected chi connectivity index (χ1v) is 10.3. The van der Waals surface area contributed by atoms with E-state index in [1.54, 1.807) is 18.2 Å². The highest BCUT2D eigenvalue weighted by atomic mass is 35.5. The zero-order chi connectivity index (χ0) is 19.4. The zero-order valence-corrected chi connectivity index (χ0v) is 17.1. The molecule has 0 aliphatic rings. The van der Waals surface area contributed by atoms with Crippen LogP contribution in [0.3, 0.4) is 0 Å². The van der Waals surface area contributed by atoms with Gasteiger partial charge >= 0.3 is 0 Å². The third kappa shape index (κ3) is 4.97. The number of thioether (sulfide) groups is 1. The fourth-order valence-corrected chi connectivity index (χ4v) is 4.22. The molecule has 0 aliphatic heterocycles. The van der Waals surface area contributed by atoms with Crippen LogP contribution in [0.2, 0.25) is 5.02 Å². The zero-order valence-electron chi connectivity index (χ0n) is 14.7. The largest absolute Gasteiger partial charge is 0.351 e. The van der Waals surface area contributed by atoms with E-state index in [9.17, 15) is 9.59 Å². The Balaban J connectivity index is 1.62. The van der Waals surface area contributed by atoms with Gasteiger partial charge in [-0.25, -0.2) is 0 Å². The Labute approximate surface area is 170 Å². The first-order valence-electron chi connectivity index (χ1n) is 8.08. The number of ketones is 1. The van der Waals surface area contributed by atoms with Gasteiger partial charge in [0.15, 0.2) is 16.8 Å². The molecule has 3 rings (SSSR count). The van der Waals surface area contributed by atoms with Gasteiger partial charge in [0, 0.05) is 29.4 Å². The normalized spacial score (nSPS) is 10.8. The minimum Gasteiger partial charge on any atom is -0.351 e. The lowest BCUT2D eigenvalue weighted by atomic mass is 10.2. The Morgan fingerprint density at radius 1 is 1.19 bits per heavy atom. The highest BCUT2D eigenvalue weighted by Crippen LogP contribution is 2.25. The number of halogens is 1. The monoisotopic (exact) mass is 420 g/mol. The molecule has 0 atom stereocenters. The molecule has 0 aliphatic carbocycles. The molecule has 0 fully saturated rings. The van der Waals surface area contributed by atoms with Crippen LogP contribution in [0, 0.1) is 0 Å². The summed E-state index contributed by atoms with van der Waals surface area (Å²) in [4.78, 5) is 25.0. The van der Waals surface area contributed by atoms with Gasteiger partial charge in [-0.1, -0.05) is 23.4 Å². The van der Waals surface area contributed by atoms with Crippen molar-refractivity contribution in [3.8, 4) is 11.4 Å². The fraction of sp³-hybridized carbons (Fsp3) is 0.222. The van der Waals surface area contributed by atoms with Gasteiger partial charge in [0.1, 0.15) is 0 Å². The molecular weight excluding hydrogens is 404 g/mol. The molecule has 0 bridgehead atoms. The molecule has 0 saturated heterocycles. The molecule has 1 aromatic carbocycles. The number of hydrogen-bond donors (Lipinski definition) is 1. The number of amides is 1. The quantitative estimate of drug-likeness (QED) is 0.464. The third-order valence-corrected chi connectivity index (χ3v) is 6.12. The third-order valence-electron chi connectivity index (χ3n) is 3.72. The van der Waals surface area contributed by atoms with E-state index in [4.69, 9.17) is 11.6 Å². The van der Waals surface area contributed by atoms with Crippen LogP contribution in [0.15, 0.2) is 41.6 Å². The van der Waals surface area contributed by atoms with E-state index in [0.29, 0.717) is 21.6 Å². The van der Waals surface area contributed by atoms with Crippen molar-refractivity contribution in [3.63, 3.8) is 0 Å². The number of benzene rings is 1. The molecule has 2 heterocycles. The summed E-state index contributed by atoms with van der Waals surface area (Å²) in [6.45, 7) is 1.91. The molecule has 0 unspecified atom stereocenters. The van der Waals surface area contributed by atoms with Crippen molar-refractivity contribution in [2.24, 2.45) is 7.05 Å². The molecule has 9 heteroatoms. The maximum Gasteiger partial charge on any atom is 0.217 e.